The van der Waals surface area contributed by atoms with E-state index in [-0.39, 0.29) is 5.95 Å². The first-order chi connectivity index (χ1) is 4.58. The molecule has 0 saturated carbocycles. The smallest absolute Gasteiger partial charge is 0.331 e. The average Bonchev–Trinajstić information content (AvgIpc) is 2.12. The molecule has 0 aliphatic rings. The second kappa shape index (κ2) is 2.42. The zero-order valence-corrected chi connectivity index (χ0v) is 5.75. The Hall–Kier alpha value is -0.840. The van der Waals surface area contributed by atoms with Gasteiger partial charge in [0.15, 0.2) is 0 Å². The quantitative estimate of drug-likeness (QED) is 0.457. The van der Waals surface area contributed by atoms with E-state index in [1.165, 1.54) is 12.4 Å². The third-order valence-corrected chi connectivity index (χ3v) is 1.25. The molecule has 0 unspecified atom stereocenters. The number of H-pyrrole nitrogens is 1. The summed E-state index contributed by atoms with van der Waals surface area (Å²) in [6.07, 6.45) is 2.84. The van der Waals surface area contributed by atoms with E-state index in [9.17, 15) is 4.57 Å². The summed E-state index contributed by atoms with van der Waals surface area (Å²) >= 11 is 0. The summed E-state index contributed by atoms with van der Waals surface area (Å²) < 4.78 is 10.2. The maximum absolute atomic E-state index is 10.2. The molecule has 6 nitrogen and oxygen atoms in total. The highest BCUT2D eigenvalue weighted by atomic mass is 31.2. The summed E-state index contributed by atoms with van der Waals surface area (Å²) in [4.78, 5) is 22.7. The van der Waals surface area contributed by atoms with Gasteiger partial charge in [-0.15, -0.1) is 0 Å². The third kappa shape index (κ3) is 2.18. The second-order valence-corrected chi connectivity index (χ2v) is 2.91. The van der Waals surface area contributed by atoms with Crippen LogP contribution in [0.2, 0.25) is 0 Å². The number of imidazole rings is 1. The van der Waals surface area contributed by atoms with Crippen LogP contribution in [0.1, 0.15) is 0 Å². The van der Waals surface area contributed by atoms with Crippen molar-refractivity contribution in [1.29, 1.82) is 0 Å². The molecule has 4 N–H and O–H groups in total. The van der Waals surface area contributed by atoms with Gasteiger partial charge in [0, 0.05) is 12.4 Å². The predicted octanol–water partition coefficient (Wildman–Crippen LogP) is -0.0857. The van der Waals surface area contributed by atoms with Crippen LogP contribution in [0.5, 0.6) is 0 Å². The lowest BCUT2D eigenvalue weighted by Crippen LogP contribution is -1.95. The number of hydrogen-bond acceptors (Lipinski definition) is 2. The Morgan fingerprint density at radius 3 is 2.80 bits per heavy atom. The van der Waals surface area contributed by atoms with Gasteiger partial charge in [-0.3, -0.25) is 5.09 Å². The Bertz CT molecular complexity index is 240. The molecule has 0 fully saturated rings. The molecule has 1 rings (SSSR count). The molecule has 0 aromatic carbocycles. The molecule has 0 saturated heterocycles. The fourth-order valence-electron chi connectivity index (χ4n) is 0.464. The Labute approximate surface area is 56.5 Å². The number of aromatic amines is 1. The Morgan fingerprint density at radius 1 is 1.70 bits per heavy atom. The highest BCUT2D eigenvalue weighted by Gasteiger charge is 2.12. The topological polar surface area (TPSA) is 98.2 Å². The van der Waals surface area contributed by atoms with Crippen molar-refractivity contribution in [3.63, 3.8) is 0 Å². The van der Waals surface area contributed by atoms with Crippen LogP contribution in [-0.4, -0.2) is 19.8 Å². The summed E-state index contributed by atoms with van der Waals surface area (Å²) in [6, 6.07) is 0. The average molecular weight is 163 g/mol. The van der Waals surface area contributed by atoms with E-state index in [0.29, 0.717) is 0 Å². The molecule has 10 heavy (non-hydrogen) atoms. The molecule has 1 heterocycles. The van der Waals surface area contributed by atoms with Gasteiger partial charge >= 0.3 is 7.75 Å². The van der Waals surface area contributed by atoms with Crippen molar-refractivity contribution >= 4 is 13.7 Å². The van der Waals surface area contributed by atoms with E-state index in [0.717, 1.165) is 0 Å². The summed E-state index contributed by atoms with van der Waals surface area (Å²) in [5, 5.41) is 1.86. The molecule has 0 amide bonds. The maximum Gasteiger partial charge on any atom is 0.429 e. The molecular weight excluding hydrogens is 157 g/mol. The van der Waals surface area contributed by atoms with Crippen molar-refractivity contribution in [3.05, 3.63) is 12.4 Å². The first kappa shape index (κ1) is 7.27. The van der Waals surface area contributed by atoms with Gasteiger partial charge in [0.1, 0.15) is 0 Å². The molecule has 7 heteroatoms. The van der Waals surface area contributed by atoms with Gasteiger partial charge in [0.25, 0.3) is 0 Å². The van der Waals surface area contributed by atoms with Crippen LogP contribution in [0.25, 0.3) is 0 Å². The van der Waals surface area contributed by atoms with Crippen molar-refractivity contribution in [3.8, 4) is 0 Å². The molecule has 1 aromatic rings. The fraction of sp³-hybridized carbons (Fsp3) is 0. The summed E-state index contributed by atoms with van der Waals surface area (Å²) in [6.45, 7) is 0. The normalized spacial score (nSPS) is 11.4. The van der Waals surface area contributed by atoms with Gasteiger partial charge in [0.2, 0.25) is 5.95 Å². The van der Waals surface area contributed by atoms with Crippen LogP contribution >= 0.6 is 7.75 Å². The minimum Gasteiger partial charge on any atom is -0.331 e. The molecule has 1 aromatic heterocycles. The molecule has 0 spiro atoms. The molecular formula is C3H6N3O3P. The van der Waals surface area contributed by atoms with Crippen LogP contribution in [0.3, 0.4) is 0 Å². The largest absolute Gasteiger partial charge is 0.429 e. The predicted molar refractivity (Wildman–Crippen MR) is 34.3 cm³/mol. The minimum atomic E-state index is -4.20. The van der Waals surface area contributed by atoms with E-state index in [1.807, 2.05) is 5.09 Å². The lowest BCUT2D eigenvalue weighted by atomic mass is 11.0. The van der Waals surface area contributed by atoms with Gasteiger partial charge < -0.3 is 14.8 Å². The number of nitrogens with zero attached hydrogens (tertiary/aromatic N) is 1. The zero-order chi connectivity index (χ0) is 7.61. The molecule has 0 radical (unpaired) electrons. The number of anilines is 1. The lowest BCUT2D eigenvalue weighted by molar-refractivity contribution is 0.380. The van der Waals surface area contributed by atoms with Crippen LogP contribution in [0.4, 0.5) is 5.95 Å². The van der Waals surface area contributed by atoms with Gasteiger partial charge in [-0.25, -0.2) is 9.55 Å². The number of rotatable bonds is 2. The lowest BCUT2D eigenvalue weighted by Gasteiger charge is -2.01. The number of hydrogen-bond donors (Lipinski definition) is 4. The second-order valence-electron chi connectivity index (χ2n) is 1.59. The molecule has 0 atom stereocenters. The first-order valence-electron chi connectivity index (χ1n) is 2.41. The third-order valence-electron chi connectivity index (χ3n) is 0.750. The van der Waals surface area contributed by atoms with Crippen LogP contribution in [0, 0.1) is 0 Å². The van der Waals surface area contributed by atoms with Crippen LogP contribution < -0.4 is 5.09 Å². The van der Waals surface area contributed by atoms with Crippen LogP contribution in [0.15, 0.2) is 12.4 Å². The summed E-state index contributed by atoms with van der Waals surface area (Å²) in [5.74, 6) is 0.0633. The fourth-order valence-corrected chi connectivity index (χ4v) is 0.863. The van der Waals surface area contributed by atoms with Crippen molar-refractivity contribution in [2.45, 2.75) is 0 Å². The van der Waals surface area contributed by atoms with E-state index in [2.05, 4.69) is 9.97 Å². The van der Waals surface area contributed by atoms with Crippen molar-refractivity contribution < 1.29 is 14.4 Å². The van der Waals surface area contributed by atoms with E-state index in [1.54, 1.807) is 0 Å². The number of aromatic nitrogens is 2. The monoisotopic (exact) mass is 163 g/mol. The summed E-state index contributed by atoms with van der Waals surface area (Å²) in [5.41, 5.74) is 0. The standard InChI is InChI=1S/C3H6N3O3P/c7-10(8,9)6-3-4-1-2-5-3/h1-2H,(H4,4,5,6,7,8,9). The first-order valence-corrected chi connectivity index (χ1v) is 4.02. The minimum absolute atomic E-state index is 0.0633. The van der Waals surface area contributed by atoms with Gasteiger partial charge in [0.05, 0.1) is 0 Å². The van der Waals surface area contributed by atoms with E-state index < -0.39 is 7.75 Å². The molecule has 0 bridgehead atoms. The van der Waals surface area contributed by atoms with Crippen molar-refractivity contribution in [2.24, 2.45) is 0 Å². The highest BCUT2D eigenvalue weighted by Crippen LogP contribution is 2.33. The van der Waals surface area contributed by atoms with Crippen molar-refractivity contribution in [2.75, 3.05) is 5.09 Å². The molecule has 0 aliphatic carbocycles. The number of nitrogens with one attached hydrogen (secondary N) is 2. The Morgan fingerprint density at radius 2 is 2.40 bits per heavy atom. The van der Waals surface area contributed by atoms with Crippen molar-refractivity contribution in [1.82, 2.24) is 9.97 Å². The van der Waals surface area contributed by atoms with E-state index in [4.69, 9.17) is 9.79 Å². The zero-order valence-electron chi connectivity index (χ0n) is 4.85. The van der Waals surface area contributed by atoms with Gasteiger partial charge in [-0.05, 0) is 0 Å². The highest BCUT2D eigenvalue weighted by molar-refractivity contribution is 7.53. The summed E-state index contributed by atoms with van der Waals surface area (Å²) in [7, 11) is -4.20. The van der Waals surface area contributed by atoms with Gasteiger partial charge in [-0.2, -0.15) is 0 Å². The SMILES string of the molecule is O=P(O)(O)Nc1ncc[nH]1. The van der Waals surface area contributed by atoms with Crippen LogP contribution in [-0.2, 0) is 4.57 Å². The Kier molecular flexibility index (Phi) is 1.76. The molecule has 0 aliphatic heterocycles. The molecule has 56 valence electrons. The maximum atomic E-state index is 10.2. The van der Waals surface area contributed by atoms with E-state index >= 15 is 0 Å². The van der Waals surface area contributed by atoms with Gasteiger partial charge in [-0.1, -0.05) is 0 Å². The Balaban J connectivity index is 2.66.